The highest BCUT2D eigenvalue weighted by Gasteiger charge is 2.49. The van der Waals surface area contributed by atoms with Crippen LogP contribution in [0, 0.1) is 13.8 Å². The molecule has 0 aliphatic rings. The number of halogens is 12. The van der Waals surface area contributed by atoms with E-state index in [0.717, 1.165) is 0 Å². The second-order valence-corrected chi connectivity index (χ2v) is 6.68. The first-order chi connectivity index (χ1) is 14.2. The first-order valence-corrected chi connectivity index (χ1v) is 8.29. The van der Waals surface area contributed by atoms with E-state index in [-0.39, 0.29) is 12.1 Å². The summed E-state index contributed by atoms with van der Waals surface area (Å²) < 4.78 is 162. The van der Waals surface area contributed by atoms with E-state index in [1.165, 1.54) is 0 Å². The van der Waals surface area contributed by atoms with Gasteiger partial charge in [0.25, 0.3) is 0 Å². The molecule has 2 rings (SSSR count). The molecule has 0 spiro atoms. The number of hydrogen-bond donors (Lipinski definition) is 0. The lowest BCUT2D eigenvalue weighted by Gasteiger charge is -2.24. The zero-order valence-electron chi connectivity index (χ0n) is 15.8. The van der Waals surface area contributed by atoms with Crippen LogP contribution in [0.15, 0.2) is 24.3 Å². The van der Waals surface area contributed by atoms with Crippen molar-refractivity contribution in [2.75, 3.05) is 0 Å². The van der Waals surface area contributed by atoms with Crippen LogP contribution in [-0.4, -0.2) is 5.78 Å². The van der Waals surface area contributed by atoms with Crippen molar-refractivity contribution in [3.63, 3.8) is 0 Å². The predicted octanol–water partition coefficient (Wildman–Crippen LogP) is 7.61. The molecule has 0 aliphatic heterocycles. The molecule has 13 heteroatoms. The molecular weight excluding hydrogens is 472 g/mol. The number of carbonyl (C=O) groups is 1. The van der Waals surface area contributed by atoms with Gasteiger partial charge in [-0.05, 0) is 37.1 Å². The molecule has 0 unspecified atom stereocenters. The molecule has 1 nitrogen and oxygen atoms in total. The smallest absolute Gasteiger partial charge is 0.289 e. The normalized spacial score (nSPS) is 13.4. The molecule has 0 aromatic heterocycles. The number of alkyl halides is 12. The maximum absolute atomic E-state index is 13.5. The Hall–Kier alpha value is -2.73. The van der Waals surface area contributed by atoms with Gasteiger partial charge in [-0.3, -0.25) is 4.79 Å². The van der Waals surface area contributed by atoms with Crippen LogP contribution in [-0.2, 0) is 24.7 Å². The summed E-state index contributed by atoms with van der Waals surface area (Å²) in [7, 11) is 0. The molecule has 0 saturated carbocycles. The first-order valence-electron chi connectivity index (χ1n) is 8.29. The Morgan fingerprint density at radius 3 is 1.03 bits per heavy atom. The van der Waals surface area contributed by atoms with Gasteiger partial charge in [0.2, 0.25) is 0 Å². The van der Waals surface area contributed by atoms with Crippen LogP contribution in [0.4, 0.5) is 52.7 Å². The molecule has 0 heterocycles. The largest absolute Gasteiger partial charge is 0.417 e. The maximum atomic E-state index is 13.5. The summed E-state index contributed by atoms with van der Waals surface area (Å²) in [6.45, 7) is 1.23. The summed E-state index contributed by atoms with van der Waals surface area (Å²) in [6, 6.07) is 0.615. The van der Waals surface area contributed by atoms with Crippen molar-refractivity contribution in [1.82, 2.24) is 0 Å². The number of hydrogen-bond acceptors (Lipinski definition) is 1. The Labute approximate surface area is 171 Å². The average Bonchev–Trinajstić information content (AvgIpc) is 2.55. The van der Waals surface area contributed by atoms with Crippen LogP contribution < -0.4 is 0 Å². The second-order valence-electron chi connectivity index (χ2n) is 6.68. The Morgan fingerprint density at radius 1 is 0.531 bits per heavy atom. The van der Waals surface area contributed by atoms with Crippen molar-refractivity contribution in [3.05, 3.63) is 68.8 Å². The highest BCUT2D eigenvalue weighted by Crippen LogP contribution is 2.46. The quantitative estimate of drug-likeness (QED) is 0.318. The Balaban J connectivity index is 3.15. The van der Waals surface area contributed by atoms with Crippen molar-refractivity contribution in [3.8, 4) is 0 Å². The summed E-state index contributed by atoms with van der Waals surface area (Å²) in [6.07, 6.45) is -22.8. The standard InChI is InChI=1S/C19H10F12O/c1-7-3-5-9(16(20,21)22)11(13(7)18(26,27)28)15(32)12-10(17(23,24)25)6-4-8(2)14(12)19(29,30)31/h3-6H,1-2H3. The third kappa shape index (κ3) is 4.70. The van der Waals surface area contributed by atoms with Crippen LogP contribution in [0.3, 0.4) is 0 Å². The van der Waals surface area contributed by atoms with Gasteiger partial charge in [-0.2, -0.15) is 52.7 Å². The van der Waals surface area contributed by atoms with Gasteiger partial charge in [-0.15, -0.1) is 0 Å². The lowest BCUT2D eigenvalue weighted by Crippen LogP contribution is -2.27. The molecule has 2 aromatic carbocycles. The van der Waals surface area contributed by atoms with E-state index < -0.39 is 75.0 Å². The fraction of sp³-hybridized carbons (Fsp3) is 0.316. The van der Waals surface area contributed by atoms with Crippen molar-refractivity contribution in [2.24, 2.45) is 0 Å². The average molecular weight is 482 g/mol. The highest BCUT2D eigenvalue weighted by atomic mass is 19.4. The van der Waals surface area contributed by atoms with Gasteiger partial charge in [0, 0.05) is 11.1 Å². The summed E-state index contributed by atoms with van der Waals surface area (Å²) in [5, 5.41) is 0. The maximum Gasteiger partial charge on any atom is 0.417 e. The Bertz CT molecular complexity index is 969. The third-order valence-electron chi connectivity index (χ3n) is 4.46. The van der Waals surface area contributed by atoms with Gasteiger partial charge in [0.15, 0.2) is 5.78 Å². The molecule has 0 saturated heterocycles. The molecule has 0 atom stereocenters. The number of benzene rings is 2. The number of carbonyl (C=O) groups excluding carboxylic acids is 1. The van der Waals surface area contributed by atoms with E-state index in [9.17, 15) is 57.5 Å². The lowest BCUT2D eigenvalue weighted by molar-refractivity contribution is -0.144. The molecule has 0 fully saturated rings. The van der Waals surface area contributed by atoms with Crippen LogP contribution in [0.2, 0.25) is 0 Å². The van der Waals surface area contributed by atoms with Gasteiger partial charge in [-0.1, -0.05) is 12.1 Å². The molecule has 0 radical (unpaired) electrons. The monoisotopic (exact) mass is 482 g/mol. The molecule has 32 heavy (non-hydrogen) atoms. The summed E-state index contributed by atoms with van der Waals surface area (Å²) in [5.74, 6) is -2.70. The van der Waals surface area contributed by atoms with E-state index in [2.05, 4.69) is 0 Å². The van der Waals surface area contributed by atoms with E-state index in [4.69, 9.17) is 0 Å². The van der Waals surface area contributed by atoms with E-state index >= 15 is 0 Å². The molecule has 0 bridgehead atoms. The van der Waals surface area contributed by atoms with Crippen molar-refractivity contribution < 1.29 is 57.5 Å². The van der Waals surface area contributed by atoms with Crippen LogP contribution >= 0.6 is 0 Å². The summed E-state index contributed by atoms with van der Waals surface area (Å²) >= 11 is 0. The van der Waals surface area contributed by atoms with E-state index in [0.29, 0.717) is 26.0 Å². The Morgan fingerprint density at radius 2 is 0.812 bits per heavy atom. The van der Waals surface area contributed by atoms with Crippen molar-refractivity contribution in [2.45, 2.75) is 38.6 Å². The topological polar surface area (TPSA) is 17.1 Å². The minimum Gasteiger partial charge on any atom is -0.289 e. The predicted molar refractivity (Wildman–Crippen MR) is 85.8 cm³/mol. The van der Waals surface area contributed by atoms with Crippen molar-refractivity contribution >= 4 is 5.78 Å². The fourth-order valence-electron chi connectivity index (χ4n) is 3.21. The van der Waals surface area contributed by atoms with Gasteiger partial charge < -0.3 is 0 Å². The Kier molecular flexibility index (Phi) is 6.14. The summed E-state index contributed by atoms with van der Waals surface area (Å²) in [4.78, 5) is 12.8. The van der Waals surface area contributed by atoms with Crippen molar-refractivity contribution in [1.29, 1.82) is 0 Å². The van der Waals surface area contributed by atoms with Crippen LogP contribution in [0.1, 0.15) is 49.3 Å². The van der Waals surface area contributed by atoms with E-state index in [1.807, 2.05) is 0 Å². The molecule has 0 N–H and O–H groups in total. The third-order valence-corrected chi connectivity index (χ3v) is 4.46. The van der Waals surface area contributed by atoms with Gasteiger partial charge >= 0.3 is 24.7 Å². The highest BCUT2D eigenvalue weighted by molar-refractivity contribution is 6.13. The van der Waals surface area contributed by atoms with Gasteiger partial charge in [0.05, 0.1) is 22.3 Å². The van der Waals surface area contributed by atoms with Crippen LogP contribution in [0.5, 0.6) is 0 Å². The van der Waals surface area contributed by atoms with Crippen LogP contribution in [0.25, 0.3) is 0 Å². The number of aryl methyl sites for hydroxylation is 2. The minimum absolute atomic E-state index is 0.00583. The lowest BCUT2D eigenvalue weighted by atomic mass is 9.85. The molecule has 0 amide bonds. The SMILES string of the molecule is Cc1ccc(C(F)(F)F)c(C(=O)c2c(C(F)(F)F)ccc(C)c2C(F)(F)F)c1C(F)(F)F. The molecule has 2 aromatic rings. The first kappa shape index (κ1) is 25.5. The number of ketones is 1. The zero-order valence-corrected chi connectivity index (χ0v) is 15.8. The number of rotatable bonds is 2. The minimum atomic E-state index is -5.70. The molecular formula is C19H10F12O. The zero-order chi connectivity index (χ0) is 25.0. The van der Waals surface area contributed by atoms with E-state index in [1.54, 1.807) is 0 Å². The molecule has 0 aliphatic carbocycles. The molecule has 176 valence electrons. The van der Waals surface area contributed by atoms with Gasteiger partial charge in [0.1, 0.15) is 0 Å². The fourth-order valence-corrected chi connectivity index (χ4v) is 3.21. The summed E-state index contributed by atoms with van der Waals surface area (Å²) in [5.41, 5.74) is -15.9. The van der Waals surface area contributed by atoms with Gasteiger partial charge in [-0.25, -0.2) is 0 Å². The second kappa shape index (κ2) is 7.69.